The Hall–Kier alpha value is 2.79. The maximum Gasteiger partial charge on any atom is 0 e. The summed E-state index contributed by atoms with van der Waals surface area (Å²) in [5, 5.41) is 0. The molecule has 0 N–H and O–H groups in total. The smallest absolute Gasteiger partial charge is 0 e. The van der Waals surface area contributed by atoms with E-state index in [2.05, 4.69) is 0 Å². The molecule has 0 fully saturated rings. The first-order valence-corrected chi connectivity index (χ1v) is 0. The molecule has 0 saturated carbocycles. The zero-order chi connectivity index (χ0) is 0. The fourth-order valence-corrected chi connectivity index (χ4v) is 0. The predicted molar refractivity (Wildman–Crippen MR) is 9.94 cm³/mol. The Morgan fingerprint density at radius 1 is 1.00 bits per heavy atom. The summed E-state index contributed by atoms with van der Waals surface area (Å²) >= 11 is 0. The van der Waals surface area contributed by atoms with Crippen molar-refractivity contribution < 1.29 is 60.3 Å². The SMILES string of the molecule is [Cu].[Fe].[InH3].[Zr]. The predicted octanol–water partition coefficient (Wildman–Crippen LogP) is -1.19. The van der Waals surface area contributed by atoms with Gasteiger partial charge < -0.3 is 0 Å². The van der Waals surface area contributed by atoms with Crippen LogP contribution in [0.3, 0.4) is 0 Å². The van der Waals surface area contributed by atoms with E-state index >= 15 is 0 Å². The summed E-state index contributed by atoms with van der Waals surface area (Å²) in [5.74, 6) is 0. The molecule has 0 aromatic rings. The third kappa shape index (κ3) is 8.84. The van der Waals surface area contributed by atoms with Gasteiger partial charge in [0.15, 0.2) is 0 Å². The maximum absolute atomic E-state index is 0. The van der Waals surface area contributed by atoms with Crippen LogP contribution < -0.4 is 0 Å². The molecule has 0 aliphatic heterocycles. The fourth-order valence-electron chi connectivity index (χ4n) is 0. The second-order valence-electron chi connectivity index (χ2n) is 0. The van der Waals surface area contributed by atoms with E-state index in [1.165, 1.54) is 0 Å². The molecule has 0 saturated heterocycles. The Morgan fingerprint density at radius 3 is 1.00 bits per heavy atom. The Balaban J connectivity index is 0. The van der Waals surface area contributed by atoms with Crippen LogP contribution in [-0.2, 0) is 60.3 Å². The first kappa shape index (κ1) is 29.2. The van der Waals surface area contributed by atoms with E-state index < -0.39 is 0 Å². The van der Waals surface area contributed by atoms with Crippen LogP contribution in [0.2, 0.25) is 0 Å². The average Bonchev–Trinajstić information content (AvgIpc) is 0. The summed E-state index contributed by atoms with van der Waals surface area (Å²) in [6.07, 6.45) is 0. The minimum atomic E-state index is 0. The van der Waals surface area contributed by atoms with Gasteiger partial charge in [0.25, 0.3) is 0 Å². The minimum absolute atomic E-state index is 0. The quantitative estimate of drug-likeness (QED) is 0.491. The molecule has 0 atom stereocenters. The molecule has 0 aromatic carbocycles. The van der Waals surface area contributed by atoms with Crippen molar-refractivity contribution in [1.82, 2.24) is 0 Å². The van der Waals surface area contributed by atoms with Crippen molar-refractivity contribution in [2.45, 2.75) is 0 Å². The standard InChI is InChI=1S/Cu.Fe.In.Zr.3H. The van der Waals surface area contributed by atoms with Gasteiger partial charge in [0.2, 0.25) is 0 Å². The van der Waals surface area contributed by atoms with E-state index in [0.29, 0.717) is 0 Å². The summed E-state index contributed by atoms with van der Waals surface area (Å²) in [6, 6.07) is 0. The largest absolute Gasteiger partial charge is 0 e. The van der Waals surface area contributed by atoms with Gasteiger partial charge in [-0.1, -0.05) is 0 Å². The fraction of sp³-hybridized carbons (Fsp3) is 0. The Labute approximate surface area is 84.7 Å². The van der Waals surface area contributed by atoms with Crippen LogP contribution in [-0.4, -0.2) is 25.8 Å². The van der Waals surface area contributed by atoms with Crippen molar-refractivity contribution in [2.75, 3.05) is 0 Å². The summed E-state index contributed by atoms with van der Waals surface area (Å²) < 4.78 is 0. The van der Waals surface area contributed by atoms with Gasteiger partial charge in [0.1, 0.15) is 0 Å². The van der Waals surface area contributed by atoms with Crippen molar-refractivity contribution in [2.24, 2.45) is 0 Å². The van der Waals surface area contributed by atoms with Gasteiger partial charge in [0, 0.05) is 60.3 Å². The molecule has 0 aliphatic carbocycles. The Kier molecular flexibility index (Phi) is 125. The molecule has 0 spiro atoms. The van der Waals surface area contributed by atoms with Gasteiger partial charge in [-0.2, -0.15) is 0 Å². The molecule has 29 valence electrons. The summed E-state index contributed by atoms with van der Waals surface area (Å²) in [4.78, 5) is 0. The van der Waals surface area contributed by atoms with Gasteiger partial charge in [-0.05, 0) is 0 Å². The van der Waals surface area contributed by atoms with Crippen molar-refractivity contribution in [3.05, 3.63) is 0 Å². The third-order valence-electron chi connectivity index (χ3n) is 0. The molecule has 4 heavy (non-hydrogen) atoms. The molecule has 4 heteroatoms. The molecule has 0 bridgehead atoms. The van der Waals surface area contributed by atoms with Crippen LogP contribution in [0.5, 0.6) is 0 Å². The zero-order valence-electron chi connectivity index (χ0n) is 1.16. The van der Waals surface area contributed by atoms with E-state index in [9.17, 15) is 0 Å². The number of hydrogen-bond donors (Lipinski definition) is 0. The number of hydrogen-bond acceptors (Lipinski definition) is 0. The van der Waals surface area contributed by atoms with Crippen molar-refractivity contribution in [3.63, 3.8) is 0 Å². The topological polar surface area (TPSA) is 0 Å². The van der Waals surface area contributed by atoms with Crippen LogP contribution in [0.15, 0.2) is 0 Å². The van der Waals surface area contributed by atoms with Gasteiger partial charge in [-0.3, -0.25) is 0 Å². The Morgan fingerprint density at radius 2 is 1.00 bits per heavy atom. The van der Waals surface area contributed by atoms with Gasteiger partial charge in [-0.15, -0.1) is 0 Å². The van der Waals surface area contributed by atoms with E-state index in [0.717, 1.165) is 0 Å². The van der Waals surface area contributed by atoms with Crippen molar-refractivity contribution in [3.8, 4) is 0 Å². The molecule has 0 nitrogen and oxygen atoms in total. The molecule has 0 aromatic heterocycles. The maximum atomic E-state index is 0. The zero-order valence-corrected chi connectivity index (χ0v) is 5.66. The van der Waals surface area contributed by atoms with E-state index in [-0.39, 0.29) is 86.2 Å². The molecular weight excluding hydrogens is 325 g/mol. The van der Waals surface area contributed by atoms with Gasteiger partial charge in [0.05, 0.1) is 0 Å². The first-order valence-electron chi connectivity index (χ1n) is 0. The molecule has 0 heterocycles. The van der Waals surface area contributed by atoms with Gasteiger partial charge in [-0.25, -0.2) is 0 Å². The molecular formula is H3CuFeInZr. The van der Waals surface area contributed by atoms with Crippen molar-refractivity contribution >= 4 is 25.8 Å². The van der Waals surface area contributed by atoms with Gasteiger partial charge >= 0.3 is 25.8 Å². The first-order chi connectivity index (χ1) is 0. The second kappa shape index (κ2) is 17.1. The molecule has 0 aliphatic rings. The van der Waals surface area contributed by atoms with Crippen LogP contribution >= 0.6 is 0 Å². The van der Waals surface area contributed by atoms with E-state index in [1.54, 1.807) is 0 Å². The molecule has 1 radical (unpaired) electrons. The number of rotatable bonds is 0. The summed E-state index contributed by atoms with van der Waals surface area (Å²) in [7, 11) is 0. The van der Waals surface area contributed by atoms with Crippen molar-refractivity contribution in [1.29, 1.82) is 0 Å². The van der Waals surface area contributed by atoms with Crippen LogP contribution in [0.25, 0.3) is 0 Å². The van der Waals surface area contributed by atoms with Crippen LogP contribution in [0.4, 0.5) is 0 Å². The molecule has 0 rings (SSSR count). The average molecular weight is 328 g/mol. The third-order valence-corrected chi connectivity index (χ3v) is 0. The van der Waals surface area contributed by atoms with E-state index in [1.807, 2.05) is 0 Å². The minimum Gasteiger partial charge on any atom is 0 e. The molecule has 0 unspecified atom stereocenters. The second-order valence-corrected chi connectivity index (χ2v) is 0. The monoisotopic (exact) mass is 327 g/mol. The normalized spacial score (nSPS) is 0. The van der Waals surface area contributed by atoms with Crippen LogP contribution in [0.1, 0.15) is 0 Å². The van der Waals surface area contributed by atoms with Crippen LogP contribution in [0, 0.1) is 0 Å². The molecule has 0 amide bonds. The summed E-state index contributed by atoms with van der Waals surface area (Å²) in [6.45, 7) is 0. The van der Waals surface area contributed by atoms with E-state index in [4.69, 9.17) is 0 Å². The Bertz CT molecular complexity index is 8.00. The summed E-state index contributed by atoms with van der Waals surface area (Å²) in [5.41, 5.74) is 0.